The minimum Gasteiger partial charge on any atom is -0.480 e. The minimum atomic E-state index is -0.284. The molecule has 0 aliphatic heterocycles. The summed E-state index contributed by atoms with van der Waals surface area (Å²) in [6.45, 7) is 1.90. The van der Waals surface area contributed by atoms with E-state index < -0.39 is 0 Å². The molecule has 2 rings (SSSR count). The molecule has 98 valence electrons. The first-order valence-electron chi connectivity index (χ1n) is 5.54. The van der Waals surface area contributed by atoms with Crippen LogP contribution in [0.1, 0.15) is 15.9 Å². The smallest absolute Gasteiger partial charge is 0.261 e. The highest BCUT2D eigenvalue weighted by atomic mass is 79.9. The predicted octanol–water partition coefficient (Wildman–Crippen LogP) is 2.81. The predicted molar refractivity (Wildman–Crippen MR) is 75.4 cm³/mol. The van der Waals surface area contributed by atoms with Gasteiger partial charge in [0.2, 0.25) is 5.88 Å². The fourth-order valence-corrected chi connectivity index (χ4v) is 1.77. The van der Waals surface area contributed by atoms with Crippen molar-refractivity contribution in [3.05, 3.63) is 46.3 Å². The topological polar surface area (TPSA) is 64.1 Å². The number of hydrogen-bond acceptors (Lipinski definition) is 4. The molecular formula is C13H12BrN3O2. The van der Waals surface area contributed by atoms with Crippen molar-refractivity contribution in [3.8, 4) is 5.88 Å². The number of ether oxygens (including phenoxy) is 1. The van der Waals surface area contributed by atoms with Crippen molar-refractivity contribution in [2.24, 2.45) is 0 Å². The molecule has 0 aliphatic carbocycles. The monoisotopic (exact) mass is 321 g/mol. The van der Waals surface area contributed by atoms with Crippen molar-refractivity contribution in [3.63, 3.8) is 0 Å². The van der Waals surface area contributed by atoms with Gasteiger partial charge in [0, 0.05) is 6.20 Å². The zero-order chi connectivity index (χ0) is 13.8. The van der Waals surface area contributed by atoms with Crippen LogP contribution in [0.15, 0.2) is 35.2 Å². The first kappa shape index (κ1) is 13.5. The number of carbonyl (C=O) groups excluding carboxylic acids is 1. The van der Waals surface area contributed by atoms with Crippen molar-refractivity contribution in [2.45, 2.75) is 6.92 Å². The van der Waals surface area contributed by atoms with Crippen LogP contribution in [0.2, 0.25) is 0 Å². The Labute approximate surface area is 119 Å². The van der Waals surface area contributed by atoms with Crippen molar-refractivity contribution in [1.29, 1.82) is 0 Å². The Morgan fingerprint density at radius 3 is 2.89 bits per heavy atom. The van der Waals surface area contributed by atoms with Crippen LogP contribution in [-0.4, -0.2) is 23.0 Å². The average molecular weight is 322 g/mol. The van der Waals surface area contributed by atoms with Crippen molar-refractivity contribution in [1.82, 2.24) is 9.97 Å². The third-order valence-electron chi connectivity index (χ3n) is 2.48. The number of amides is 1. The molecule has 19 heavy (non-hydrogen) atoms. The molecular weight excluding hydrogens is 310 g/mol. The SMILES string of the molecule is COc1ncccc1C(=O)Nc1cnc(Br)c(C)c1. The Bertz CT molecular complexity index is 617. The molecule has 0 aromatic carbocycles. The van der Waals surface area contributed by atoms with E-state index in [0.29, 0.717) is 17.1 Å². The number of halogens is 1. The van der Waals surface area contributed by atoms with Gasteiger partial charge in [-0.2, -0.15) is 0 Å². The Balaban J connectivity index is 2.23. The second kappa shape index (κ2) is 5.79. The summed E-state index contributed by atoms with van der Waals surface area (Å²) in [5, 5.41) is 2.76. The Morgan fingerprint density at radius 1 is 1.42 bits per heavy atom. The lowest BCUT2D eigenvalue weighted by Gasteiger charge is -2.08. The first-order chi connectivity index (χ1) is 9.11. The van der Waals surface area contributed by atoms with Crippen LogP contribution in [0.3, 0.4) is 0 Å². The number of carbonyl (C=O) groups is 1. The molecule has 2 aromatic rings. The number of aryl methyl sites for hydroxylation is 1. The largest absolute Gasteiger partial charge is 0.480 e. The number of aromatic nitrogens is 2. The second-order valence-corrected chi connectivity index (χ2v) is 4.60. The number of hydrogen-bond donors (Lipinski definition) is 1. The third kappa shape index (κ3) is 3.08. The molecule has 0 spiro atoms. The van der Waals surface area contributed by atoms with Gasteiger partial charge in [-0.3, -0.25) is 4.79 Å². The molecule has 6 heteroatoms. The highest BCUT2D eigenvalue weighted by Crippen LogP contribution is 2.19. The highest BCUT2D eigenvalue weighted by Gasteiger charge is 2.13. The number of methoxy groups -OCH3 is 1. The van der Waals surface area contributed by atoms with E-state index in [1.54, 1.807) is 24.5 Å². The lowest BCUT2D eigenvalue weighted by atomic mass is 10.2. The summed E-state index contributed by atoms with van der Waals surface area (Å²) in [6, 6.07) is 5.17. The maximum atomic E-state index is 12.1. The zero-order valence-electron chi connectivity index (χ0n) is 10.5. The Kier molecular flexibility index (Phi) is 4.11. The van der Waals surface area contributed by atoms with Crippen molar-refractivity contribution in [2.75, 3.05) is 12.4 Å². The van der Waals surface area contributed by atoms with Gasteiger partial charge >= 0.3 is 0 Å². The summed E-state index contributed by atoms with van der Waals surface area (Å²) in [6.07, 6.45) is 3.15. The summed E-state index contributed by atoms with van der Waals surface area (Å²) in [7, 11) is 1.48. The maximum absolute atomic E-state index is 12.1. The molecule has 0 radical (unpaired) electrons. The normalized spacial score (nSPS) is 10.1. The summed E-state index contributed by atoms with van der Waals surface area (Å²) >= 11 is 3.31. The van der Waals surface area contributed by atoms with Crippen LogP contribution in [0.25, 0.3) is 0 Å². The molecule has 0 saturated carbocycles. The van der Waals surface area contributed by atoms with E-state index >= 15 is 0 Å². The van der Waals surface area contributed by atoms with Gasteiger partial charge in [0.15, 0.2) is 0 Å². The van der Waals surface area contributed by atoms with E-state index in [9.17, 15) is 4.79 Å². The van der Waals surface area contributed by atoms with Gasteiger partial charge in [-0.1, -0.05) is 0 Å². The molecule has 0 fully saturated rings. The maximum Gasteiger partial charge on any atom is 0.261 e. The van der Waals surface area contributed by atoms with Gasteiger partial charge in [-0.05, 0) is 46.6 Å². The van der Waals surface area contributed by atoms with E-state index in [2.05, 4.69) is 31.2 Å². The van der Waals surface area contributed by atoms with Crippen molar-refractivity contribution < 1.29 is 9.53 Å². The summed E-state index contributed by atoms with van der Waals surface area (Å²) in [5.41, 5.74) is 1.94. The van der Waals surface area contributed by atoms with E-state index in [-0.39, 0.29) is 5.91 Å². The molecule has 1 N–H and O–H groups in total. The summed E-state index contributed by atoms with van der Waals surface area (Å²) < 4.78 is 5.81. The van der Waals surface area contributed by atoms with E-state index in [1.165, 1.54) is 7.11 Å². The molecule has 0 unspecified atom stereocenters. The lowest BCUT2D eigenvalue weighted by molar-refractivity contribution is 0.102. The van der Waals surface area contributed by atoms with Crippen LogP contribution >= 0.6 is 15.9 Å². The summed E-state index contributed by atoms with van der Waals surface area (Å²) in [5.74, 6) is 0.00950. The lowest BCUT2D eigenvalue weighted by Crippen LogP contribution is -2.14. The fraction of sp³-hybridized carbons (Fsp3) is 0.154. The van der Waals surface area contributed by atoms with Gasteiger partial charge in [0.25, 0.3) is 5.91 Å². The van der Waals surface area contributed by atoms with Crippen LogP contribution in [0, 0.1) is 6.92 Å². The van der Waals surface area contributed by atoms with E-state index in [1.807, 2.05) is 13.0 Å². The van der Waals surface area contributed by atoms with E-state index in [0.717, 1.165) is 10.2 Å². The first-order valence-corrected chi connectivity index (χ1v) is 6.33. The van der Waals surface area contributed by atoms with Gasteiger partial charge in [0.05, 0.1) is 19.0 Å². The van der Waals surface area contributed by atoms with Gasteiger partial charge in [0.1, 0.15) is 10.2 Å². The highest BCUT2D eigenvalue weighted by molar-refractivity contribution is 9.10. The molecule has 0 aliphatic rings. The molecule has 2 aromatic heterocycles. The zero-order valence-corrected chi connectivity index (χ0v) is 12.1. The number of rotatable bonds is 3. The Morgan fingerprint density at radius 2 is 2.21 bits per heavy atom. The van der Waals surface area contributed by atoms with Crippen molar-refractivity contribution >= 4 is 27.5 Å². The van der Waals surface area contributed by atoms with Gasteiger partial charge < -0.3 is 10.1 Å². The minimum absolute atomic E-state index is 0.284. The molecule has 5 nitrogen and oxygen atoms in total. The second-order valence-electron chi connectivity index (χ2n) is 3.85. The third-order valence-corrected chi connectivity index (χ3v) is 3.31. The quantitative estimate of drug-likeness (QED) is 0.883. The molecule has 2 heterocycles. The van der Waals surface area contributed by atoms with Gasteiger partial charge in [-0.15, -0.1) is 0 Å². The summed E-state index contributed by atoms with van der Waals surface area (Å²) in [4.78, 5) is 20.2. The number of nitrogens with one attached hydrogen (secondary N) is 1. The number of anilines is 1. The van der Waals surface area contributed by atoms with Crippen LogP contribution in [-0.2, 0) is 0 Å². The standard InChI is InChI=1S/C13H12BrN3O2/c1-8-6-9(7-16-11(8)14)17-12(18)10-4-3-5-15-13(10)19-2/h3-7H,1-2H3,(H,17,18). The molecule has 1 amide bonds. The molecule has 0 bridgehead atoms. The van der Waals surface area contributed by atoms with Crippen LogP contribution < -0.4 is 10.1 Å². The molecule has 0 atom stereocenters. The van der Waals surface area contributed by atoms with Gasteiger partial charge in [-0.25, -0.2) is 9.97 Å². The van der Waals surface area contributed by atoms with E-state index in [4.69, 9.17) is 4.74 Å². The average Bonchev–Trinajstić information content (AvgIpc) is 2.43. The Hall–Kier alpha value is -1.95. The number of nitrogens with zero attached hydrogens (tertiary/aromatic N) is 2. The fourth-order valence-electron chi connectivity index (χ4n) is 1.55. The van der Waals surface area contributed by atoms with Crippen LogP contribution in [0.5, 0.6) is 5.88 Å². The number of pyridine rings is 2. The molecule has 0 saturated heterocycles. The van der Waals surface area contributed by atoms with Crippen LogP contribution in [0.4, 0.5) is 5.69 Å².